The van der Waals surface area contributed by atoms with Crippen LogP contribution in [0, 0.1) is 6.92 Å². The van der Waals surface area contributed by atoms with E-state index in [0.29, 0.717) is 27.2 Å². The highest BCUT2D eigenvalue weighted by Crippen LogP contribution is 2.27. The molecular formula is C17H13Cl2N3OS. The molecule has 1 N–H and O–H groups in total. The van der Waals surface area contributed by atoms with E-state index in [1.807, 2.05) is 13.0 Å². The van der Waals surface area contributed by atoms with Crippen molar-refractivity contribution in [3.63, 3.8) is 0 Å². The number of hydrogen-bond donors (Lipinski definition) is 1. The van der Waals surface area contributed by atoms with Crippen LogP contribution in [0.1, 0.15) is 26.5 Å². The monoisotopic (exact) mass is 377 g/mol. The average Bonchev–Trinajstić information content (AvgIpc) is 2.98. The van der Waals surface area contributed by atoms with Gasteiger partial charge in [0.15, 0.2) is 5.13 Å². The SMILES string of the molecule is Cc1ccc(C(=O)Nc2ncc(Cc3ccc(Cl)cc3Cl)s2)cn1. The van der Waals surface area contributed by atoms with Crippen LogP contribution in [-0.2, 0) is 6.42 Å². The fourth-order valence-electron chi connectivity index (χ4n) is 2.07. The number of benzene rings is 1. The van der Waals surface area contributed by atoms with Crippen LogP contribution in [0.2, 0.25) is 10.0 Å². The van der Waals surface area contributed by atoms with Crippen LogP contribution in [0.3, 0.4) is 0 Å². The van der Waals surface area contributed by atoms with Crippen LogP contribution in [0.15, 0.2) is 42.7 Å². The van der Waals surface area contributed by atoms with Gasteiger partial charge < -0.3 is 0 Å². The number of rotatable bonds is 4. The van der Waals surface area contributed by atoms with Crippen molar-refractivity contribution < 1.29 is 4.79 Å². The molecule has 0 aliphatic carbocycles. The highest BCUT2D eigenvalue weighted by atomic mass is 35.5. The van der Waals surface area contributed by atoms with Gasteiger partial charge in [0, 0.05) is 39.4 Å². The van der Waals surface area contributed by atoms with Crippen molar-refractivity contribution in [3.8, 4) is 0 Å². The van der Waals surface area contributed by atoms with Crippen LogP contribution < -0.4 is 5.32 Å². The molecule has 0 unspecified atom stereocenters. The molecule has 0 aliphatic heterocycles. The molecule has 0 fully saturated rings. The minimum Gasteiger partial charge on any atom is -0.298 e. The van der Waals surface area contributed by atoms with Crippen LogP contribution in [0.25, 0.3) is 0 Å². The summed E-state index contributed by atoms with van der Waals surface area (Å²) in [7, 11) is 0. The molecule has 7 heteroatoms. The van der Waals surface area contributed by atoms with Gasteiger partial charge in [-0.2, -0.15) is 0 Å². The lowest BCUT2D eigenvalue weighted by Gasteiger charge is -2.03. The van der Waals surface area contributed by atoms with Gasteiger partial charge in [-0.25, -0.2) is 4.98 Å². The molecule has 0 spiro atoms. The second-order valence-electron chi connectivity index (χ2n) is 5.19. The van der Waals surface area contributed by atoms with Crippen molar-refractivity contribution in [1.82, 2.24) is 9.97 Å². The molecule has 0 atom stereocenters. The van der Waals surface area contributed by atoms with Gasteiger partial charge in [-0.1, -0.05) is 29.3 Å². The van der Waals surface area contributed by atoms with Gasteiger partial charge in [-0.15, -0.1) is 11.3 Å². The van der Waals surface area contributed by atoms with Crippen molar-refractivity contribution in [1.29, 1.82) is 0 Å². The number of pyridine rings is 1. The first-order chi connectivity index (χ1) is 11.5. The van der Waals surface area contributed by atoms with E-state index in [1.54, 1.807) is 36.7 Å². The Bertz CT molecular complexity index is 878. The zero-order valence-electron chi connectivity index (χ0n) is 12.7. The Kier molecular flexibility index (Phi) is 5.14. The molecule has 122 valence electrons. The summed E-state index contributed by atoms with van der Waals surface area (Å²) in [5, 5.41) is 4.55. The number of halogens is 2. The van der Waals surface area contributed by atoms with Crippen molar-refractivity contribution in [2.75, 3.05) is 5.32 Å². The minimum absolute atomic E-state index is 0.229. The highest BCUT2D eigenvalue weighted by molar-refractivity contribution is 7.15. The number of thiazole rings is 1. The van der Waals surface area contributed by atoms with E-state index in [1.165, 1.54) is 11.3 Å². The van der Waals surface area contributed by atoms with Crippen molar-refractivity contribution in [2.24, 2.45) is 0 Å². The van der Waals surface area contributed by atoms with Crippen molar-refractivity contribution in [2.45, 2.75) is 13.3 Å². The summed E-state index contributed by atoms with van der Waals surface area (Å²) in [6.45, 7) is 1.87. The molecule has 0 bridgehead atoms. The summed E-state index contributed by atoms with van der Waals surface area (Å²) in [6.07, 6.45) is 3.92. The standard InChI is InChI=1S/C17H13Cl2N3OS/c1-10-2-3-12(8-20-10)16(23)22-17-21-9-14(24-17)6-11-4-5-13(18)7-15(11)19/h2-5,7-9H,6H2,1H3,(H,21,22,23). The molecule has 2 aromatic heterocycles. The molecule has 4 nitrogen and oxygen atoms in total. The molecule has 0 saturated carbocycles. The number of carbonyl (C=O) groups is 1. The topological polar surface area (TPSA) is 54.9 Å². The molecule has 1 amide bonds. The van der Waals surface area contributed by atoms with E-state index in [4.69, 9.17) is 23.2 Å². The lowest BCUT2D eigenvalue weighted by atomic mass is 10.1. The van der Waals surface area contributed by atoms with E-state index < -0.39 is 0 Å². The molecule has 3 aromatic rings. The van der Waals surface area contributed by atoms with Gasteiger partial charge in [0.1, 0.15) is 0 Å². The smallest absolute Gasteiger partial charge is 0.259 e. The maximum atomic E-state index is 12.2. The third-order valence-electron chi connectivity index (χ3n) is 3.33. The lowest BCUT2D eigenvalue weighted by Crippen LogP contribution is -2.11. The number of anilines is 1. The van der Waals surface area contributed by atoms with Crippen LogP contribution in [-0.4, -0.2) is 15.9 Å². The first-order valence-electron chi connectivity index (χ1n) is 7.14. The van der Waals surface area contributed by atoms with Gasteiger partial charge in [0.25, 0.3) is 5.91 Å². The Morgan fingerprint density at radius 3 is 2.71 bits per heavy atom. The first-order valence-corrected chi connectivity index (χ1v) is 8.71. The zero-order chi connectivity index (χ0) is 17.1. The van der Waals surface area contributed by atoms with E-state index in [9.17, 15) is 4.79 Å². The number of aromatic nitrogens is 2. The van der Waals surface area contributed by atoms with Gasteiger partial charge in [-0.05, 0) is 36.8 Å². The number of aryl methyl sites for hydroxylation is 1. The molecule has 1 aromatic carbocycles. The van der Waals surface area contributed by atoms with Crippen LogP contribution >= 0.6 is 34.5 Å². The number of nitrogens with one attached hydrogen (secondary N) is 1. The fourth-order valence-corrected chi connectivity index (χ4v) is 3.38. The third-order valence-corrected chi connectivity index (χ3v) is 4.83. The molecule has 0 aliphatic rings. The predicted molar refractivity (Wildman–Crippen MR) is 98.3 cm³/mol. The summed E-state index contributed by atoms with van der Waals surface area (Å²) in [5.74, 6) is -0.229. The van der Waals surface area contributed by atoms with Gasteiger partial charge in [0.2, 0.25) is 0 Å². The number of nitrogens with zero attached hydrogens (tertiary/aromatic N) is 2. The van der Waals surface area contributed by atoms with Gasteiger partial charge >= 0.3 is 0 Å². The maximum absolute atomic E-state index is 12.2. The summed E-state index contributed by atoms with van der Waals surface area (Å²) < 4.78 is 0. The quantitative estimate of drug-likeness (QED) is 0.695. The first kappa shape index (κ1) is 16.9. The Balaban J connectivity index is 1.69. The summed E-state index contributed by atoms with van der Waals surface area (Å²) >= 11 is 13.5. The van der Waals surface area contributed by atoms with Crippen LogP contribution in [0.5, 0.6) is 0 Å². The van der Waals surface area contributed by atoms with Crippen molar-refractivity contribution in [3.05, 3.63) is 74.5 Å². The largest absolute Gasteiger partial charge is 0.298 e. The molecular weight excluding hydrogens is 365 g/mol. The Morgan fingerprint density at radius 2 is 2.00 bits per heavy atom. The minimum atomic E-state index is -0.229. The molecule has 2 heterocycles. The van der Waals surface area contributed by atoms with E-state index >= 15 is 0 Å². The van der Waals surface area contributed by atoms with Gasteiger partial charge in [-0.3, -0.25) is 15.1 Å². The Hall–Kier alpha value is -1.95. The predicted octanol–water partition coefficient (Wildman–Crippen LogP) is 5.00. The summed E-state index contributed by atoms with van der Waals surface area (Å²) in [6, 6.07) is 8.94. The Labute approximate surface area is 153 Å². The highest BCUT2D eigenvalue weighted by Gasteiger charge is 2.11. The number of hydrogen-bond acceptors (Lipinski definition) is 4. The van der Waals surface area contributed by atoms with Crippen LogP contribution in [0.4, 0.5) is 5.13 Å². The summed E-state index contributed by atoms with van der Waals surface area (Å²) in [5.41, 5.74) is 2.33. The number of amides is 1. The normalized spacial score (nSPS) is 10.6. The molecule has 24 heavy (non-hydrogen) atoms. The van der Waals surface area contributed by atoms with E-state index in [0.717, 1.165) is 16.1 Å². The maximum Gasteiger partial charge on any atom is 0.259 e. The average molecular weight is 378 g/mol. The molecule has 0 saturated heterocycles. The third kappa shape index (κ3) is 4.12. The number of carbonyl (C=O) groups excluding carboxylic acids is 1. The van der Waals surface area contributed by atoms with E-state index in [-0.39, 0.29) is 5.91 Å². The zero-order valence-corrected chi connectivity index (χ0v) is 15.0. The second-order valence-corrected chi connectivity index (χ2v) is 7.15. The summed E-state index contributed by atoms with van der Waals surface area (Å²) in [4.78, 5) is 21.5. The molecule has 0 radical (unpaired) electrons. The lowest BCUT2D eigenvalue weighted by molar-refractivity contribution is 0.102. The second kappa shape index (κ2) is 7.30. The molecule has 3 rings (SSSR count). The van der Waals surface area contributed by atoms with E-state index in [2.05, 4.69) is 15.3 Å². The Morgan fingerprint density at radius 1 is 1.17 bits per heavy atom. The fraction of sp³-hybridized carbons (Fsp3) is 0.118. The van der Waals surface area contributed by atoms with Crippen molar-refractivity contribution >= 4 is 45.6 Å². The van der Waals surface area contributed by atoms with Gasteiger partial charge in [0.05, 0.1) is 5.56 Å².